The van der Waals surface area contributed by atoms with Crippen LogP contribution in [0.2, 0.25) is 0 Å². The van der Waals surface area contributed by atoms with Gasteiger partial charge in [-0.1, -0.05) is 24.1 Å². The van der Waals surface area contributed by atoms with Crippen LogP contribution in [0.4, 0.5) is 0 Å². The molecular weight excluding hydrogens is 288 g/mol. The monoisotopic (exact) mass is 316 g/mol. The van der Waals surface area contributed by atoms with Gasteiger partial charge in [0.1, 0.15) is 12.4 Å². The van der Waals surface area contributed by atoms with Crippen molar-refractivity contribution >= 4 is 0 Å². The zero-order valence-corrected chi connectivity index (χ0v) is 14.3. The van der Waals surface area contributed by atoms with Crippen molar-refractivity contribution in [2.75, 3.05) is 32.8 Å². The van der Waals surface area contributed by atoms with Gasteiger partial charge in [-0.15, -0.1) is 6.42 Å². The molecule has 1 saturated heterocycles. The van der Waals surface area contributed by atoms with Gasteiger partial charge in [0.05, 0.1) is 12.2 Å². The Labute approximate surface area is 140 Å². The molecule has 1 aliphatic heterocycles. The highest BCUT2D eigenvalue weighted by Crippen LogP contribution is 2.17. The molecule has 4 heteroatoms. The van der Waals surface area contributed by atoms with E-state index in [4.69, 9.17) is 15.9 Å². The minimum absolute atomic E-state index is 0.310. The molecule has 0 bridgehead atoms. The third kappa shape index (κ3) is 6.23. The topological polar surface area (TPSA) is 33.7 Å². The highest BCUT2D eigenvalue weighted by molar-refractivity contribution is 5.33. The summed E-state index contributed by atoms with van der Waals surface area (Å²) in [6, 6.07) is 8.03. The van der Waals surface area contributed by atoms with E-state index in [-0.39, 0.29) is 0 Å². The molecule has 1 heterocycles. The Balaban J connectivity index is 1.67. The predicted octanol–water partition coefficient (Wildman–Crippen LogP) is 2.29. The Morgan fingerprint density at radius 1 is 1.30 bits per heavy atom. The van der Waals surface area contributed by atoms with E-state index in [2.05, 4.69) is 36.1 Å². The van der Waals surface area contributed by atoms with Gasteiger partial charge in [-0.2, -0.15) is 0 Å². The Hall–Kier alpha value is -1.54. The summed E-state index contributed by atoms with van der Waals surface area (Å²) in [5.41, 5.74) is 1.15. The van der Waals surface area contributed by atoms with Crippen LogP contribution in [-0.4, -0.2) is 49.9 Å². The summed E-state index contributed by atoms with van der Waals surface area (Å²) in [7, 11) is 0. The smallest absolute Gasteiger partial charge is 0.148 e. The van der Waals surface area contributed by atoms with E-state index >= 15 is 0 Å². The van der Waals surface area contributed by atoms with Crippen LogP contribution in [0.15, 0.2) is 24.3 Å². The first-order valence-corrected chi connectivity index (χ1v) is 8.41. The molecule has 1 aromatic carbocycles. The Bertz CT molecular complexity index is 502. The molecule has 0 saturated carbocycles. The van der Waals surface area contributed by atoms with Crippen LogP contribution < -0.4 is 10.1 Å². The molecule has 0 radical (unpaired) electrons. The number of ether oxygens (including phenoxy) is 2. The Kier molecular flexibility index (Phi) is 7.41. The Morgan fingerprint density at radius 2 is 2.04 bits per heavy atom. The number of morpholine rings is 1. The van der Waals surface area contributed by atoms with E-state index in [1.165, 1.54) is 0 Å². The molecule has 126 valence electrons. The molecule has 0 aliphatic carbocycles. The molecule has 4 nitrogen and oxygen atoms in total. The lowest BCUT2D eigenvalue weighted by molar-refractivity contribution is -0.0680. The van der Waals surface area contributed by atoms with Crippen molar-refractivity contribution in [3.63, 3.8) is 0 Å². The van der Waals surface area contributed by atoms with Gasteiger partial charge in [0, 0.05) is 25.2 Å². The maximum absolute atomic E-state index is 5.76. The molecule has 1 aromatic rings. The Morgan fingerprint density at radius 3 is 2.78 bits per heavy atom. The van der Waals surface area contributed by atoms with Crippen LogP contribution >= 0.6 is 0 Å². The first kappa shape index (κ1) is 17.8. The van der Waals surface area contributed by atoms with Gasteiger partial charge in [0.15, 0.2) is 0 Å². The molecule has 2 unspecified atom stereocenters. The highest BCUT2D eigenvalue weighted by atomic mass is 16.5. The van der Waals surface area contributed by atoms with E-state index in [0.717, 1.165) is 50.5 Å². The number of para-hydroxylation sites is 1. The van der Waals surface area contributed by atoms with Crippen molar-refractivity contribution < 1.29 is 9.47 Å². The van der Waals surface area contributed by atoms with Crippen molar-refractivity contribution in [2.24, 2.45) is 0 Å². The van der Waals surface area contributed by atoms with Gasteiger partial charge in [-0.05, 0) is 39.4 Å². The second-order valence-corrected chi connectivity index (χ2v) is 6.15. The molecular formula is C19H28N2O2. The van der Waals surface area contributed by atoms with Gasteiger partial charge in [0.2, 0.25) is 0 Å². The maximum Gasteiger partial charge on any atom is 0.148 e. The van der Waals surface area contributed by atoms with Crippen molar-refractivity contribution in [3.8, 4) is 18.1 Å². The molecule has 0 amide bonds. The normalized spacial score (nSPS) is 21.8. The van der Waals surface area contributed by atoms with Crippen molar-refractivity contribution in [2.45, 2.75) is 39.0 Å². The van der Waals surface area contributed by atoms with Gasteiger partial charge >= 0.3 is 0 Å². The fourth-order valence-corrected chi connectivity index (χ4v) is 3.03. The molecule has 0 aromatic heterocycles. The molecule has 1 N–H and O–H groups in total. The standard InChI is InChI=1S/C19H28N2O2/c1-4-12-22-19-9-6-5-8-18(19)13-20-10-7-11-21-14-16(2)23-17(3)15-21/h1,5-6,8-9,16-17,20H,7,10-15H2,2-3H3. The van der Waals surface area contributed by atoms with E-state index in [1.807, 2.05) is 18.2 Å². The largest absolute Gasteiger partial charge is 0.481 e. The van der Waals surface area contributed by atoms with Gasteiger partial charge in [0.25, 0.3) is 0 Å². The van der Waals surface area contributed by atoms with Crippen LogP contribution in [0.1, 0.15) is 25.8 Å². The second kappa shape index (κ2) is 9.57. The zero-order valence-electron chi connectivity index (χ0n) is 14.3. The van der Waals surface area contributed by atoms with Crippen molar-refractivity contribution in [3.05, 3.63) is 29.8 Å². The number of nitrogens with one attached hydrogen (secondary N) is 1. The minimum Gasteiger partial charge on any atom is -0.481 e. The van der Waals surface area contributed by atoms with E-state index in [0.29, 0.717) is 18.8 Å². The van der Waals surface area contributed by atoms with Crippen LogP contribution in [0, 0.1) is 12.3 Å². The maximum atomic E-state index is 5.76. The molecule has 0 spiro atoms. The summed E-state index contributed by atoms with van der Waals surface area (Å²) < 4.78 is 11.3. The lowest BCUT2D eigenvalue weighted by atomic mass is 10.2. The molecule has 23 heavy (non-hydrogen) atoms. The number of nitrogens with zero attached hydrogens (tertiary/aromatic N) is 1. The molecule has 1 fully saturated rings. The van der Waals surface area contributed by atoms with Crippen molar-refractivity contribution in [1.29, 1.82) is 0 Å². The highest BCUT2D eigenvalue weighted by Gasteiger charge is 2.21. The van der Waals surface area contributed by atoms with Gasteiger partial charge < -0.3 is 14.8 Å². The number of terminal acetylenes is 1. The minimum atomic E-state index is 0.310. The summed E-state index contributed by atoms with van der Waals surface area (Å²) in [4.78, 5) is 2.49. The van der Waals surface area contributed by atoms with Gasteiger partial charge in [-0.25, -0.2) is 0 Å². The zero-order chi connectivity index (χ0) is 16.5. The summed E-state index contributed by atoms with van der Waals surface area (Å²) in [6.07, 6.45) is 7.06. The third-order valence-corrected chi connectivity index (χ3v) is 3.92. The predicted molar refractivity (Wildman–Crippen MR) is 93.5 cm³/mol. The molecule has 2 rings (SSSR count). The average molecular weight is 316 g/mol. The van der Waals surface area contributed by atoms with E-state index < -0.39 is 0 Å². The van der Waals surface area contributed by atoms with Crippen LogP contribution in [0.25, 0.3) is 0 Å². The van der Waals surface area contributed by atoms with E-state index in [9.17, 15) is 0 Å². The summed E-state index contributed by atoms with van der Waals surface area (Å²) in [6.45, 7) is 9.58. The fraction of sp³-hybridized carbons (Fsp3) is 0.579. The summed E-state index contributed by atoms with van der Waals surface area (Å²) in [5, 5.41) is 3.49. The summed E-state index contributed by atoms with van der Waals surface area (Å²) >= 11 is 0. The number of hydrogen-bond donors (Lipinski definition) is 1. The first-order chi connectivity index (χ1) is 11.2. The molecule has 1 aliphatic rings. The van der Waals surface area contributed by atoms with Crippen LogP contribution in [0.3, 0.4) is 0 Å². The lowest BCUT2D eigenvalue weighted by Crippen LogP contribution is -2.46. The van der Waals surface area contributed by atoms with E-state index in [1.54, 1.807) is 0 Å². The van der Waals surface area contributed by atoms with Crippen LogP contribution in [0.5, 0.6) is 5.75 Å². The average Bonchev–Trinajstić information content (AvgIpc) is 2.52. The first-order valence-electron chi connectivity index (χ1n) is 8.41. The fourth-order valence-electron chi connectivity index (χ4n) is 3.03. The lowest BCUT2D eigenvalue weighted by Gasteiger charge is -2.35. The van der Waals surface area contributed by atoms with Crippen LogP contribution in [-0.2, 0) is 11.3 Å². The summed E-state index contributed by atoms with van der Waals surface area (Å²) in [5.74, 6) is 3.37. The second-order valence-electron chi connectivity index (χ2n) is 6.15. The number of rotatable bonds is 8. The SMILES string of the molecule is C#CCOc1ccccc1CNCCCN1CC(C)OC(C)C1. The number of benzene rings is 1. The number of hydrogen-bond acceptors (Lipinski definition) is 4. The quantitative estimate of drug-likeness (QED) is 0.589. The third-order valence-electron chi connectivity index (χ3n) is 3.92. The van der Waals surface area contributed by atoms with Gasteiger partial charge in [-0.3, -0.25) is 4.90 Å². The van der Waals surface area contributed by atoms with Crippen molar-refractivity contribution in [1.82, 2.24) is 10.2 Å². The molecule has 2 atom stereocenters.